The van der Waals surface area contributed by atoms with Crippen LogP contribution in [0.3, 0.4) is 0 Å². The van der Waals surface area contributed by atoms with Gasteiger partial charge in [-0.25, -0.2) is 8.42 Å². The highest BCUT2D eigenvalue weighted by molar-refractivity contribution is 7.91. The molecule has 2 aromatic heterocycles. The number of aryl methyl sites for hydroxylation is 1. The van der Waals surface area contributed by atoms with Crippen LogP contribution in [0.15, 0.2) is 59.7 Å². The van der Waals surface area contributed by atoms with Gasteiger partial charge in [0.25, 0.3) is 5.56 Å². The molecule has 1 aliphatic carbocycles. The summed E-state index contributed by atoms with van der Waals surface area (Å²) >= 11 is 5.86. The first kappa shape index (κ1) is 26.6. The maximum absolute atomic E-state index is 12.8. The second-order valence-corrected chi connectivity index (χ2v) is 12.7. The van der Waals surface area contributed by atoms with Crippen LogP contribution in [0.4, 0.5) is 0 Å². The monoisotopic (exact) mass is 555 g/mol. The standard InChI is InChI=1S/C28H30ClN3O5S/c29-23-4-5-24(31-17-23)18-37-26-7-10-32(27(33)15-26)25-6-3-21-13-20(1-2-22(21)14-25)16-30-19-28(34)8-11-38(35,36)12-9-28/h1-2,4-5,7,10,13-15,17,30,34H,3,6,8-9,11-12,16,18-19H2. The number of nitrogens with one attached hydrogen (secondary N) is 1. The van der Waals surface area contributed by atoms with E-state index in [1.807, 2.05) is 12.1 Å². The van der Waals surface area contributed by atoms with E-state index in [9.17, 15) is 18.3 Å². The van der Waals surface area contributed by atoms with Crippen molar-refractivity contribution in [3.63, 3.8) is 0 Å². The summed E-state index contributed by atoms with van der Waals surface area (Å²) < 4.78 is 30.6. The van der Waals surface area contributed by atoms with Gasteiger partial charge in [0.2, 0.25) is 0 Å². The molecule has 0 spiro atoms. The van der Waals surface area contributed by atoms with Crippen LogP contribution in [-0.2, 0) is 29.4 Å². The Kier molecular flexibility index (Phi) is 7.72. The first-order chi connectivity index (χ1) is 18.2. The van der Waals surface area contributed by atoms with E-state index in [-0.39, 0.29) is 36.5 Å². The molecule has 0 amide bonds. The molecule has 8 nitrogen and oxygen atoms in total. The Bertz CT molecular complexity index is 1500. The molecule has 1 saturated heterocycles. The van der Waals surface area contributed by atoms with Crippen molar-refractivity contribution in [1.82, 2.24) is 14.9 Å². The fourth-order valence-corrected chi connectivity index (χ4v) is 6.50. The van der Waals surface area contributed by atoms with Gasteiger partial charge in [0.1, 0.15) is 12.4 Å². The van der Waals surface area contributed by atoms with Gasteiger partial charge in [-0.05, 0) is 66.6 Å². The smallest absolute Gasteiger partial charge is 0.258 e. The molecule has 0 radical (unpaired) electrons. The van der Waals surface area contributed by atoms with Gasteiger partial charge in [0.15, 0.2) is 9.84 Å². The molecular weight excluding hydrogens is 526 g/mol. The number of pyridine rings is 2. The number of allylic oxidation sites excluding steroid dienone is 1. The Morgan fingerprint density at radius 3 is 2.66 bits per heavy atom. The average molecular weight is 556 g/mol. The number of aliphatic hydroxyl groups is 1. The van der Waals surface area contributed by atoms with Gasteiger partial charge in [-0.1, -0.05) is 29.8 Å². The van der Waals surface area contributed by atoms with Crippen LogP contribution in [0, 0.1) is 0 Å². The molecule has 2 N–H and O–H groups in total. The number of benzene rings is 1. The Morgan fingerprint density at radius 2 is 1.92 bits per heavy atom. The predicted octanol–water partition coefficient (Wildman–Crippen LogP) is 3.45. The highest BCUT2D eigenvalue weighted by Crippen LogP contribution is 2.28. The quantitative estimate of drug-likeness (QED) is 0.438. The second-order valence-electron chi connectivity index (χ2n) is 9.98. The zero-order chi connectivity index (χ0) is 26.8. The molecule has 10 heteroatoms. The number of halogens is 1. The fourth-order valence-electron chi connectivity index (χ4n) is 4.80. The lowest BCUT2D eigenvalue weighted by Gasteiger charge is -2.32. The van der Waals surface area contributed by atoms with Crippen LogP contribution in [0.1, 0.15) is 41.6 Å². The molecule has 0 bridgehead atoms. The van der Waals surface area contributed by atoms with Crippen molar-refractivity contribution in [2.24, 2.45) is 0 Å². The van der Waals surface area contributed by atoms with Crippen LogP contribution in [0.2, 0.25) is 5.02 Å². The van der Waals surface area contributed by atoms with E-state index >= 15 is 0 Å². The molecular formula is C28H30ClN3O5S. The van der Waals surface area contributed by atoms with Gasteiger partial charge in [0.05, 0.1) is 27.8 Å². The number of ether oxygens (including phenoxy) is 1. The molecule has 3 heterocycles. The van der Waals surface area contributed by atoms with Gasteiger partial charge >= 0.3 is 0 Å². The van der Waals surface area contributed by atoms with Crippen molar-refractivity contribution in [2.45, 2.75) is 44.4 Å². The van der Waals surface area contributed by atoms with Gasteiger partial charge in [-0.2, -0.15) is 0 Å². The summed E-state index contributed by atoms with van der Waals surface area (Å²) in [6, 6.07) is 13.0. The van der Waals surface area contributed by atoms with Crippen LogP contribution >= 0.6 is 11.6 Å². The fraction of sp³-hybridized carbons (Fsp3) is 0.357. The van der Waals surface area contributed by atoms with Gasteiger partial charge < -0.3 is 15.2 Å². The zero-order valence-corrected chi connectivity index (χ0v) is 22.5. The first-order valence-electron chi connectivity index (χ1n) is 12.6. The van der Waals surface area contributed by atoms with Crippen molar-refractivity contribution in [2.75, 3.05) is 18.1 Å². The lowest BCUT2D eigenvalue weighted by Crippen LogP contribution is -2.46. The zero-order valence-electron chi connectivity index (χ0n) is 20.9. The highest BCUT2D eigenvalue weighted by atomic mass is 35.5. The SMILES string of the molecule is O=c1cc(OCc2ccc(Cl)cn2)ccn1C1=Cc2ccc(CNCC3(O)CCS(=O)(=O)CC3)cc2CC1. The van der Waals surface area contributed by atoms with E-state index in [1.54, 1.807) is 35.2 Å². The van der Waals surface area contributed by atoms with Crippen LogP contribution in [-0.4, -0.2) is 46.7 Å². The third-order valence-electron chi connectivity index (χ3n) is 7.10. The van der Waals surface area contributed by atoms with E-state index in [0.717, 1.165) is 35.4 Å². The number of fused-ring (bicyclic) bond motifs is 1. The molecule has 1 aromatic carbocycles. The van der Waals surface area contributed by atoms with E-state index in [2.05, 4.69) is 22.4 Å². The first-order valence-corrected chi connectivity index (χ1v) is 14.8. The van der Waals surface area contributed by atoms with Crippen molar-refractivity contribution in [1.29, 1.82) is 0 Å². The van der Waals surface area contributed by atoms with Crippen molar-refractivity contribution in [3.8, 4) is 5.75 Å². The van der Waals surface area contributed by atoms with Gasteiger partial charge in [-0.3, -0.25) is 14.3 Å². The number of hydrogen-bond acceptors (Lipinski definition) is 7. The van der Waals surface area contributed by atoms with Crippen molar-refractivity contribution >= 4 is 33.2 Å². The maximum atomic E-state index is 12.8. The third-order valence-corrected chi connectivity index (χ3v) is 8.97. The Morgan fingerprint density at radius 1 is 1.11 bits per heavy atom. The topological polar surface area (TPSA) is 111 Å². The van der Waals surface area contributed by atoms with Crippen LogP contribution < -0.4 is 15.6 Å². The lowest BCUT2D eigenvalue weighted by molar-refractivity contribution is 0.0303. The Labute approximate surface area is 226 Å². The third kappa shape index (κ3) is 6.53. The Hall–Kier alpha value is -2.98. The number of hydrogen-bond donors (Lipinski definition) is 2. The molecule has 2 aliphatic rings. The van der Waals surface area contributed by atoms with Gasteiger partial charge in [0, 0.05) is 37.2 Å². The van der Waals surface area contributed by atoms with E-state index in [0.29, 0.717) is 23.9 Å². The van der Waals surface area contributed by atoms with Gasteiger partial charge in [-0.15, -0.1) is 0 Å². The number of rotatable bonds is 8. The second kappa shape index (κ2) is 11.0. The van der Waals surface area contributed by atoms with Crippen LogP contribution in [0.5, 0.6) is 5.75 Å². The average Bonchev–Trinajstić information content (AvgIpc) is 2.90. The van der Waals surface area contributed by atoms with E-state index in [4.69, 9.17) is 16.3 Å². The molecule has 0 saturated carbocycles. The summed E-state index contributed by atoms with van der Waals surface area (Å²) in [5.41, 5.74) is 3.90. The molecule has 1 aliphatic heterocycles. The minimum absolute atomic E-state index is 0.0401. The molecule has 38 heavy (non-hydrogen) atoms. The normalized spacial score (nSPS) is 17.9. The molecule has 1 fully saturated rings. The summed E-state index contributed by atoms with van der Waals surface area (Å²) in [5.74, 6) is 0.563. The predicted molar refractivity (Wildman–Crippen MR) is 148 cm³/mol. The van der Waals surface area contributed by atoms with E-state index < -0.39 is 15.4 Å². The maximum Gasteiger partial charge on any atom is 0.258 e. The Balaban J connectivity index is 1.19. The molecule has 3 aromatic rings. The summed E-state index contributed by atoms with van der Waals surface area (Å²) in [6.45, 7) is 1.20. The minimum atomic E-state index is -3.01. The largest absolute Gasteiger partial charge is 0.487 e. The number of nitrogens with zero attached hydrogens (tertiary/aromatic N) is 2. The summed E-state index contributed by atoms with van der Waals surface area (Å²) in [4.78, 5) is 17.0. The molecule has 0 unspecified atom stereocenters. The van der Waals surface area contributed by atoms with E-state index in [1.165, 1.54) is 11.6 Å². The number of aromatic nitrogens is 2. The summed E-state index contributed by atoms with van der Waals surface area (Å²) in [6.07, 6.45) is 7.42. The van der Waals surface area contributed by atoms with Crippen molar-refractivity contribution in [3.05, 3.63) is 92.6 Å². The minimum Gasteiger partial charge on any atom is -0.487 e. The molecule has 200 valence electrons. The van der Waals surface area contributed by atoms with Crippen LogP contribution in [0.25, 0.3) is 11.8 Å². The molecule has 0 atom stereocenters. The van der Waals surface area contributed by atoms with Crippen molar-refractivity contribution < 1.29 is 18.3 Å². The number of sulfone groups is 1. The highest BCUT2D eigenvalue weighted by Gasteiger charge is 2.34. The summed E-state index contributed by atoms with van der Waals surface area (Å²) in [5, 5.41) is 14.5. The lowest BCUT2D eigenvalue weighted by atomic mass is 9.93. The summed E-state index contributed by atoms with van der Waals surface area (Å²) in [7, 11) is -3.01. The molecule has 5 rings (SSSR count).